The summed E-state index contributed by atoms with van der Waals surface area (Å²) in [5, 5.41) is 9.77. The molecule has 0 saturated heterocycles. The van der Waals surface area contributed by atoms with Gasteiger partial charge in [0.2, 0.25) is 0 Å². The van der Waals surface area contributed by atoms with Crippen LogP contribution in [0.5, 0.6) is 5.75 Å². The van der Waals surface area contributed by atoms with Crippen molar-refractivity contribution < 1.29 is 9.84 Å². The summed E-state index contributed by atoms with van der Waals surface area (Å²) in [4.78, 5) is 0. The Morgan fingerprint density at radius 1 is 1.10 bits per heavy atom. The lowest BCUT2D eigenvalue weighted by Crippen LogP contribution is -2.01. The molecule has 0 aliphatic rings. The summed E-state index contributed by atoms with van der Waals surface area (Å²) in [7, 11) is 0. The summed E-state index contributed by atoms with van der Waals surface area (Å²) in [6, 6.07) is 14.1. The number of hydrogen-bond acceptors (Lipinski definition) is 2. The van der Waals surface area contributed by atoms with E-state index in [9.17, 15) is 5.11 Å². The molecule has 2 aromatic rings. The summed E-state index contributed by atoms with van der Waals surface area (Å²) in [5.74, 6) is 0.717. The Bertz CT molecular complexity index is 562. The number of ether oxygens (including phenoxy) is 1. The van der Waals surface area contributed by atoms with Gasteiger partial charge in [0.15, 0.2) is 0 Å². The number of hydrogen-bond donors (Lipinski definition) is 1. The molecule has 0 amide bonds. The number of rotatable bonds is 5. The van der Waals surface area contributed by atoms with Gasteiger partial charge < -0.3 is 9.84 Å². The second-order valence-corrected chi connectivity index (χ2v) is 5.73. The molecule has 0 unspecified atom stereocenters. The fraction of sp³-hybridized carbons (Fsp3) is 0.294. The average Bonchev–Trinajstić information content (AvgIpc) is 2.45. The lowest BCUT2D eigenvalue weighted by Gasteiger charge is -2.14. The Balaban J connectivity index is 2.11. The molecule has 2 aromatic carbocycles. The van der Waals surface area contributed by atoms with Crippen molar-refractivity contribution in [1.29, 1.82) is 0 Å². The molecule has 0 fully saturated rings. The van der Waals surface area contributed by atoms with E-state index in [4.69, 9.17) is 4.74 Å². The van der Waals surface area contributed by atoms with Gasteiger partial charge in [-0.25, -0.2) is 0 Å². The first kappa shape index (κ1) is 15.1. The molecule has 0 radical (unpaired) electrons. The van der Waals surface area contributed by atoms with Crippen LogP contribution in [0.15, 0.2) is 46.9 Å². The van der Waals surface area contributed by atoms with Crippen LogP contribution in [0.3, 0.4) is 0 Å². The third-order valence-corrected chi connectivity index (χ3v) is 3.74. The smallest absolute Gasteiger partial charge is 0.126 e. The average molecular weight is 335 g/mol. The minimum atomic E-state index is -0.541. The van der Waals surface area contributed by atoms with Crippen molar-refractivity contribution in [2.45, 2.75) is 33.0 Å². The first-order valence-electron chi connectivity index (χ1n) is 6.78. The van der Waals surface area contributed by atoms with Crippen LogP contribution in [0.4, 0.5) is 0 Å². The predicted molar refractivity (Wildman–Crippen MR) is 84.9 cm³/mol. The van der Waals surface area contributed by atoms with Crippen LogP contribution in [-0.2, 0) is 13.0 Å². The van der Waals surface area contributed by atoms with Crippen LogP contribution in [0.2, 0.25) is 0 Å². The lowest BCUT2D eigenvalue weighted by molar-refractivity contribution is 0.190. The van der Waals surface area contributed by atoms with E-state index in [0.717, 1.165) is 22.0 Å². The molecule has 0 aliphatic carbocycles. The van der Waals surface area contributed by atoms with Crippen molar-refractivity contribution in [1.82, 2.24) is 0 Å². The number of aliphatic hydroxyl groups is 1. The highest BCUT2D eigenvalue weighted by atomic mass is 79.9. The molecule has 2 rings (SSSR count). The Hall–Kier alpha value is -1.32. The van der Waals surface area contributed by atoms with Gasteiger partial charge in [-0.05, 0) is 36.6 Å². The molecule has 0 spiro atoms. The topological polar surface area (TPSA) is 29.5 Å². The number of halogens is 1. The number of benzene rings is 2. The molecular formula is C17H19BrO2. The normalized spacial score (nSPS) is 12.2. The first-order valence-corrected chi connectivity index (χ1v) is 7.57. The summed E-state index contributed by atoms with van der Waals surface area (Å²) in [6.07, 6.45) is 0.499. The minimum Gasteiger partial charge on any atom is -0.488 e. The van der Waals surface area contributed by atoms with E-state index in [1.807, 2.05) is 18.2 Å². The highest BCUT2D eigenvalue weighted by Crippen LogP contribution is 2.29. The molecule has 106 valence electrons. The first-order chi connectivity index (χ1) is 9.60. The Labute approximate surface area is 128 Å². The molecule has 0 heterocycles. The van der Waals surface area contributed by atoms with E-state index in [-0.39, 0.29) is 0 Å². The molecular weight excluding hydrogens is 316 g/mol. The number of aryl methyl sites for hydroxylation is 1. The third kappa shape index (κ3) is 3.84. The zero-order chi connectivity index (χ0) is 14.5. The van der Waals surface area contributed by atoms with E-state index in [2.05, 4.69) is 47.1 Å². The summed E-state index contributed by atoms with van der Waals surface area (Å²) < 4.78 is 6.79. The van der Waals surface area contributed by atoms with Crippen molar-refractivity contribution in [2.24, 2.45) is 0 Å². The van der Waals surface area contributed by atoms with Gasteiger partial charge in [-0.15, -0.1) is 0 Å². The Morgan fingerprint density at radius 3 is 2.35 bits per heavy atom. The van der Waals surface area contributed by atoms with Crippen LogP contribution < -0.4 is 4.74 Å². The molecule has 2 nitrogen and oxygen atoms in total. The van der Waals surface area contributed by atoms with Crippen LogP contribution >= 0.6 is 15.9 Å². The van der Waals surface area contributed by atoms with Crippen molar-refractivity contribution >= 4 is 15.9 Å². The van der Waals surface area contributed by atoms with Crippen molar-refractivity contribution in [3.8, 4) is 5.75 Å². The second-order valence-electron chi connectivity index (χ2n) is 4.82. The van der Waals surface area contributed by atoms with Crippen LogP contribution in [0.1, 0.15) is 36.6 Å². The van der Waals surface area contributed by atoms with Gasteiger partial charge in [0, 0.05) is 10.0 Å². The van der Waals surface area contributed by atoms with Crippen molar-refractivity contribution in [3.05, 3.63) is 63.6 Å². The van der Waals surface area contributed by atoms with Crippen molar-refractivity contribution in [2.75, 3.05) is 0 Å². The largest absolute Gasteiger partial charge is 0.488 e. The number of aliphatic hydroxyl groups excluding tert-OH is 1. The fourth-order valence-corrected chi connectivity index (χ4v) is 2.35. The van der Waals surface area contributed by atoms with E-state index in [0.29, 0.717) is 12.4 Å². The van der Waals surface area contributed by atoms with Gasteiger partial charge in [-0.1, -0.05) is 53.2 Å². The van der Waals surface area contributed by atoms with E-state index >= 15 is 0 Å². The monoisotopic (exact) mass is 334 g/mol. The van der Waals surface area contributed by atoms with E-state index in [1.54, 1.807) is 6.92 Å². The zero-order valence-corrected chi connectivity index (χ0v) is 13.4. The standard InChI is InChI=1S/C17H19BrO2/c1-3-13-4-6-14(7-5-13)11-20-17-10-15(18)8-9-16(17)12(2)19/h4-10,12,19H,3,11H2,1-2H3/t12-/m1/s1. The molecule has 1 N–H and O–H groups in total. The SMILES string of the molecule is CCc1ccc(COc2cc(Br)ccc2[C@@H](C)O)cc1. The highest BCUT2D eigenvalue weighted by Gasteiger charge is 2.10. The predicted octanol–water partition coefficient (Wildman–Crippen LogP) is 4.64. The maximum absolute atomic E-state index is 9.77. The van der Waals surface area contributed by atoms with Gasteiger partial charge in [0.05, 0.1) is 6.10 Å². The fourth-order valence-electron chi connectivity index (χ4n) is 2.01. The van der Waals surface area contributed by atoms with Crippen LogP contribution in [0, 0.1) is 0 Å². The van der Waals surface area contributed by atoms with Gasteiger partial charge >= 0.3 is 0 Å². The maximum Gasteiger partial charge on any atom is 0.126 e. The zero-order valence-electron chi connectivity index (χ0n) is 11.8. The third-order valence-electron chi connectivity index (χ3n) is 3.25. The second kappa shape index (κ2) is 6.91. The van der Waals surface area contributed by atoms with Gasteiger partial charge in [-0.3, -0.25) is 0 Å². The maximum atomic E-state index is 9.77. The Morgan fingerprint density at radius 2 is 1.75 bits per heavy atom. The summed E-state index contributed by atoms with van der Waals surface area (Å²) in [6.45, 7) is 4.38. The molecule has 0 saturated carbocycles. The van der Waals surface area contributed by atoms with E-state index in [1.165, 1.54) is 5.56 Å². The molecule has 0 aromatic heterocycles. The molecule has 1 atom stereocenters. The minimum absolute atomic E-state index is 0.500. The van der Waals surface area contributed by atoms with Crippen molar-refractivity contribution in [3.63, 3.8) is 0 Å². The summed E-state index contributed by atoms with van der Waals surface area (Å²) >= 11 is 3.43. The van der Waals surface area contributed by atoms with Crippen LogP contribution in [0.25, 0.3) is 0 Å². The van der Waals surface area contributed by atoms with Crippen LogP contribution in [-0.4, -0.2) is 5.11 Å². The lowest BCUT2D eigenvalue weighted by atomic mass is 10.1. The van der Waals surface area contributed by atoms with Gasteiger partial charge in [0.25, 0.3) is 0 Å². The molecule has 0 aliphatic heterocycles. The molecule has 0 bridgehead atoms. The quantitative estimate of drug-likeness (QED) is 0.862. The summed E-state index contributed by atoms with van der Waals surface area (Å²) in [5.41, 5.74) is 3.25. The highest BCUT2D eigenvalue weighted by molar-refractivity contribution is 9.10. The molecule has 20 heavy (non-hydrogen) atoms. The molecule has 3 heteroatoms. The Kier molecular flexibility index (Phi) is 5.21. The van der Waals surface area contributed by atoms with Gasteiger partial charge in [0.1, 0.15) is 12.4 Å². The van der Waals surface area contributed by atoms with Gasteiger partial charge in [-0.2, -0.15) is 0 Å². The van der Waals surface area contributed by atoms with E-state index < -0.39 is 6.10 Å².